The summed E-state index contributed by atoms with van der Waals surface area (Å²) in [5.74, 6) is -0.0110. The number of piperazine rings is 1. The van der Waals surface area contributed by atoms with Crippen LogP contribution in [-0.4, -0.2) is 49.1 Å². The Morgan fingerprint density at radius 3 is 2.72 bits per heavy atom. The Morgan fingerprint density at radius 2 is 2.06 bits per heavy atom. The summed E-state index contributed by atoms with van der Waals surface area (Å²) in [5.41, 5.74) is 0. The highest BCUT2D eigenvalue weighted by Gasteiger charge is 2.36. The van der Waals surface area contributed by atoms with E-state index in [1.807, 2.05) is 0 Å². The van der Waals surface area contributed by atoms with Crippen LogP contribution in [-0.2, 0) is 14.3 Å². The van der Waals surface area contributed by atoms with E-state index >= 15 is 0 Å². The number of carbonyl (C=O) groups excluding carboxylic acids is 2. The average Bonchev–Trinajstić information content (AvgIpc) is 2.92. The molecule has 1 saturated carbocycles. The molecule has 1 N–H and O–H groups in total. The van der Waals surface area contributed by atoms with Crippen molar-refractivity contribution in [3.05, 3.63) is 0 Å². The van der Waals surface area contributed by atoms with Gasteiger partial charge in [0.2, 0.25) is 5.91 Å². The summed E-state index contributed by atoms with van der Waals surface area (Å²) in [6.45, 7) is 4.03. The maximum absolute atomic E-state index is 12.4. The van der Waals surface area contributed by atoms with Crippen LogP contribution in [0.3, 0.4) is 0 Å². The van der Waals surface area contributed by atoms with Crippen molar-refractivity contribution >= 4 is 11.9 Å². The minimum atomic E-state index is -0.438. The van der Waals surface area contributed by atoms with Crippen LogP contribution < -0.4 is 5.32 Å². The Hall–Kier alpha value is -1.10. The fourth-order valence-corrected chi connectivity index (χ4v) is 2.82. The Labute approximate surface area is 108 Å². The number of rotatable bonds is 3. The van der Waals surface area contributed by atoms with E-state index in [4.69, 9.17) is 4.74 Å². The zero-order valence-corrected chi connectivity index (χ0v) is 11.0. The van der Waals surface area contributed by atoms with Crippen molar-refractivity contribution in [3.8, 4) is 0 Å². The summed E-state index contributed by atoms with van der Waals surface area (Å²) < 4.78 is 5.05. The van der Waals surface area contributed by atoms with Crippen molar-refractivity contribution in [1.82, 2.24) is 10.2 Å². The summed E-state index contributed by atoms with van der Waals surface area (Å²) in [5, 5.41) is 3.15. The second-order valence-corrected chi connectivity index (χ2v) is 4.98. The standard InChI is InChI=1S/C13H22N2O3/c1-2-18-13(17)11-9-14-7-8-15(11)12(16)10-5-3-4-6-10/h10-11,14H,2-9H2,1H3. The van der Waals surface area contributed by atoms with Crippen LogP contribution >= 0.6 is 0 Å². The van der Waals surface area contributed by atoms with Gasteiger partial charge >= 0.3 is 5.97 Å². The molecule has 0 bridgehead atoms. The molecule has 18 heavy (non-hydrogen) atoms. The highest BCUT2D eigenvalue weighted by atomic mass is 16.5. The molecule has 5 heteroatoms. The zero-order valence-electron chi connectivity index (χ0n) is 11.0. The number of hydrogen-bond donors (Lipinski definition) is 1. The number of amides is 1. The van der Waals surface area contributed by atoms with Gasteiger partial charge in [-0.05, 0) is 19.8 Å². The number of carbonyl (C=O) groups is 2. The second kappa shape index (κ2) is 6.18. The Balaban J connectivity index is 2.02. The molecule has 0 aromatic carbocycles. The highest BCUT2D eigenvalue weighted by molar-refractivity contribution is 5.86. The molecule has 1 amide bonds. The van der Waals surface area contributed by atoms with Gasteiger partial charge in [0.1, 0.15) is 6.04 Å². The van der Waals surface area contributed by atoms with Gasteiger partial charge in [0, 0.05) is 25.6 Å². The molecule has 2 fully saturated rings. The summed E-state index contributed by atoms with van der Waals surface area (Å²) >= 11 is 0. The Morgan fingerprint density at radius 1 is 1.33 bits per heavy atom. The van der Waals surface area contributed by atoms with Crippen molar-refractivity contribution < 1.29 is 14.3 Å². The number of nitrogens with zero attached hydrogens (tertiary/aromatic N) is 1. The lowest BCUT2D eigenvalue weighted by atomic mass is 10.0. The Bertz CT molecular complexity index is 313. The van der Waals surface area contributed by atoms with Gasteiger partial charge in [-0.2, -0.15) is 0 Å². The van der Waals surface area contributed by atoms with E-state index in [9.17, 15) is 9.59 Å². The third-order valence-corrected chi connectivity index (χ3v) is 3.79. The van der Waals surface area contributed by atoms with Crippen molar-refractivity contribution in [3.63, 3.8) is 0 Å². The molecule has 5 nitrogen and oxygen atoms in total. The van der Waals surface area contributed by atoms with Crippen molar-refractivity contribution in [2.75, 3.05) is 26.2 Å². The maximum Gasteiger partial charge on any atom is 0.330 e. The predicted octanol–water partition coefficient (Wildman–Crippen LogP) is 0.540. The zero-order chi connectivity index (χ0) is 13.0. The van der Waals surface area contributed by atoms with Gasteiger partial charge in [-0.3, -0.25) is 4.79 Å². The Kier molecular flexibility index (Phi) is 4.58. The van der Waals surface area contributed by atoms with Crippen LogP contribution in [0.4, 0.5) is 0 Å². The van der Waals surface area contributed by atoms with Crippen LogP contribution in [0.1, 0.15) is 32.6 Å². The van der Waals surface area contributed by atoms with Crippen LogP contribution in [0.2, 0.25) is 0 Å². The van der Waals surface area contributed by atoms with Gasteiger partial charge in [0.05, 0.1) is 6.61 Å². The monoisotopic (exact) mass is 254 g/mol. The normalized spacial score (nSPS) is 25.2. The lowest BCUT2D eigenvalue weighted by Gasteiger charge is -2.36. The van der Waals surface area contributed by atoms with Gasteiger partial charge in [0.15, 0.2) is 0 Å². The highest BCUT2D eigenvalue weighted by Crippen LogP contribution is 2.27. The van der Waals surface area contributed by atoms with E-state index in [0.717, 1.165) is 32.2 Å². The molecular formula is C13H22N2O3. The lowest BCUT2D eigenvalue weighted by Crippen LogP contribution is -2.58. The smallest absolute Gasteiger partial charge is 0.330 e. The van der Waals surface area contributed by atoms with Crippen LogP contribution in [0, 0.1) is 5.92 Å². The minimum absolute atomic E-state index is 0.125. The van der Waals surface area contributed by atoms with Crippen molar-refractivity contribution in [1.29, 1.82) is 0 Å². The fourth-order valence-electron chi connectivity index (χ4n) is 2.82. The molecular weight excluding hydrogens is 232 g/mol. The fraction of sp³-hybridized carbons (Fsp3) is 0.846. The second-order valence-electron chi connectivity index (χ2n) is 4.98. The van der Waals surface area contributed by atoms with Gasteiger partial charge < -0.3 is 15.0 Å². The van der Waals surface area contributed by atoms with Crippen molar-refractivity contribution in [2.45, 2.75) is 38.6 Å². The molecule has 0 radical (unpaired) electrons. The first-order valence-corrected chi connectivity index (χ1v) is 6.92. The summed E-state index contributed by atoms with van der Waals surface area (Å²) in [7, 11) is 0. The van der Waals surface area contributed by atoms with Crippen LogP contribution in [0.5, 0.6) is 0 Å². The summed E-state index contributed by atoms with van der Waals surface area (Å²) in [6.07, 6.45) is 4.20. The molecule has 0 aromatic heterocycles. The van der Waals surface area contributed by atoms with Gasteiger partial charge in [-0.25, -0.2) is 4.79 Å². The first-order valence-electron chi connectivity index (χ1n) is 6.92. The first-order chi connectivity index (χ1) is 8.74. The van der Waals surface area contributed by atoms with Crippen LogP contribution in [0.15, 0.2) is 0 Å². The third-order valence-electron chi connectivity index (χ3n) is 3.79. The quantitative estimate of drug-likeness (QED) is 0.747. The van der Waals surface area contributed by atoms with Gasteiger partial charge in [-0.15, -0.1) is 0 Å². The summed E-state index contributed by atoms with van der Waals surface area (Å²) in [4.78, 5) is 26.0. The number of hydrogen-bond acceptors (Lipinski definition) is 4. The van der Waals surface area contributed by atoms with Crippen LogP contribution in [0.25, 0.3) is 0 Å². The van der Waals surface area contributed by atoms with E-state index in [0.29, 0.717) is 19.7 Å². The molecule has 1 saturated heterocycles. The maximum atomic E-state index is 12.4. The molecule has 1 aliphatic carbocycles. The summed E-state index contributed by atoms with van der Waals surface area (Å²) in [6, 6.07) is -0.438. The molecule has 1 unspecified atom stereocenters. The van der Waals surface area contributed by atoms with E-state index in [1.165, 1.54) is 0 Å². The van der Waals surface area contributed by atoms with Gasteiger partial charge in [0.25, 0.3) is 0 Å². The molecule has 1 aliphatic heterocycles. The largest absolute Gasteiger partial charge is 0.464 e. The number of nitrogens with one attached hydrogen (secondary N) is 1. The molecule has 2 rings (SSSR count). The van der Waals surface area contributed by atoms with E-state index in [1.54, 1.807) is 11.8 Å². The molecule has 0 spiro atoms. The van der Waals surface area contributed by atoms with E-state index in [-0.39, 0.29) is 17.8 Å². The topological polar surface area (TPSA) is 58.6 Å². The average molecular weight is 254 g/mol. The predicted molar refractivity (Wildman–Crippen MR) is 67.0 cm³/mol. The lowest BCUT2D eigenvalue weighted by molar-refractivity contribution is -0.157. The SMILES string of the molecule is CCOC(=O)C1CNCCN1C(=O)C1CCCC1. The van der Waals surface area contributed by atoms with Gasteiger partial charge in [-0.1, -0.05) is 12.8 Å². The third kappa shape index (κ3) is 2.83. The molecule has 1 atom stereocenters. The molecule has 2 aliphatic rings. The van der Waals surface area contributed by atoms with Crippen molar-refractivity contribution in [2.24, 2.45) is 5.92 Å². The minimum Gasteiger partial charge on any atom is -0.464 e. The molecule has 1 heterocycles. The molecule has 0 aromatic rings. The first kappa shape index (κ1) is 13.3. The van der Waals surface area contributed by atoms with E-state index < -0.39 is 6.04 Å². The number of esters is 1. The number of ether oxygens (including phenoxy) is 1. The molecule has 102 valence electrons. The van der Waals surface area contributed by atoms with E-state index in [2.05, 4.69) is 5.32 Å².